The molecule has 1 aliphatic heterocycles. The van der Waals surface area contributed by atoms with E-state index < -0.39 is 0 Å². The average Bonchev–Trinajstić information content (AvgIpc) is 2.96. The van der Waals surface area contributed by atoms with Crippen LogP contribution in [0.3, 0.4) is 0 Å². The maximum atomic E-state index is 12.5. The highest BCUT2D eigenvalue weighted by Crippen LogP contribution is 2.29. The van der Waals surface area contributed by atoms with Crippen molar-refractivity contribution in [3.05, 3.63) is 58.6 Å². The van der Waals surface area contributed by atoms with Crippen LogP contribution < -0.4 is 5.32 Å². The molecule has 0 spiro atoms. The van der Waals surface area contributed by atoms with Crippen molar-refractivity contribution in [1.82, 2.24) is 19.9 Å². The molecule has 26 heavy (non-hydrogen) atoms. The largest absolute Gasteiger partial charge is 0.365 e. The predicted molar refractivity (Wildman–Crippen MR) is 101 cm³/mol. The van der Waals surface area contributed by atoms with E-state index in [4.69, 9.17) is 11.6 Å². The summed E-state index contributed by atoms with van der Waals surface area (Å²) in [5.74, 6) is 0.499. The van der Waals surface area contributed by atoms with Crippen LogP contribution in [0.15, 0.2) is 36.5 Å². The molecular weight excluding hydrogens is 350 g/mol. The lowest BCUT2D eigenvalue weighted by Gasteiger charge is -2.19. The molecule has 0 unspecified atom stereocenters. The van der Waals surface area contributed by atoms with Crippen molar-refractivity contribution < 1.29 is 4.79 Å². The Kier molecular flexibility index (Phi) is 4.20. The number of hydrogen-bond acceptors (Lipinski definition) is 5. The van der Waals surface area contributed by atoms with Crippen LogP contribution in [0.4, 0.5) is 5.82 Å². The summed E-state index contributed by atoms with van der Waals surface area (Å²) in [4.78, 5) is 27.2. The van der Waals surface area contributed by atoms with E-state index in [2.05, 4.69) is 26.3 Å². The summed E-state index contributed by atoms with van der Waals surface area (Å²) in [7, 11) is 0. The van der Waals surface area contributed by atoms with Crippen LogP contribution in [-0.4, -0.2) is 31.8 Å². The van der Waals surface area contributed by atoms with Gasteiger partial charge in [0.05, 0.1) is 12.1 Å². The van der Waals surface area contributed by atoms with E-state index in [0.717, 1.165) is 22.0 Å². The smallest absolute Gasteiger partial charge is 0.273 e. The molecule has 1 aliphatic rings. The van der Waals surface area contributed by atoms with Gasteiger partial charge in [-0.2, -0.15) is 0 Å². The Labute approximate surface area is 156 Å². The third-order valence-electron chi connectivity index (χ3n) is 4.50. The van der Waals surface area contributed by atoms with Crippen molar-refractivity contribution in [2.24, 2.45) is 0 Å². The number of benzene rings is 1. The van der Waals surface area contributed by atoms with Crippen LogP contribution in [0, 0.1) is 0 Å². The van der Waals surface area contributed by atoms with Crippen molar-refractivity contribution >= 4 is 34.2 Å². The molecule has 0 aliphatic carbocycles. The molecule has 3 aromatic rings. The second-order valence-corrected chi connectivity index (χ2v) is 6.92. The highest BCUT2D eigenvalue weighted by atomic mass is 35.5. The van der Waals surface area contributed by atoms with Gasteiger partial charge in [-0.05, 0) is 43.1 Å². The first-order valence-corrected chi connectivity index (χ1v) is 8.85. The number of carbonyl (C=O) groups excluding carboxylic acids is 1. The van der Waals surface area contributed by atoms with Crippen molar-refractivity contribution in [3.63, 3.8) is 0 Å². The van der Waals surface area contributed by atoms with Crippen LogP contribution in [-0.2, 0) is 13.1 Å². The zero-order valence-electron chi connectivity index (χ0n) is 14.5. The zero-order chi connectivity index (χ0) is 18.3. The molecule has 2 aromatic heterocycles. The van der Waals surface area contributed by atoms with Crippen LogP contribution in [0.1, 0.15) is 35.5 Å². The Morgan fingerprint density at radius 2 is 2.08 bits per heavy atom. The third-order valence-corrected chi connectivity index (χ3v) is 4.67. The molecular formula is C19H18ClN5O. The standard InChI is InChI=1S/C19H18ClN5O/c1-11(2)25-10-14-16(18(25)26)23-19(20)24-17(14)22-9-12-7-13-5-3-4-6-15(13)21-8-12/h3-8,11H,9-10H2,1-2H3,(H,22,23,24). The number of para-hydroxylation sites is 1. The Morgan fingerprint density at radius 3 is 2.88 bits per heavy atom. The van der Waals surface area contributed by atoms with Gasteiger partial charge < -0.3 is 10.2 Å². The quantitative estimate of drug-likeness (QED) is 0.712. The number of hydrogen-bond donors (Lipinski definition) is 1. The number of carbonyl (C=O) groups is 1. The first kappa shape index (κ1) is 16.7. The van der Waals surface area contributed by atoms with Gasteiger partial charge in [-0.1, -0.05) is 18.2 Å². The van der Waals surface area contributed by atoms with E-state index in [9.17, 15) is 4.79 Å². The van der Waals surface area contributed by atoms with Crippen LogP contribution in [0.5, 0.6) is 0 Å². The van der Waals surface area contributed by atoms with Gasteiger partial charge in [0.1, 0.15) is 11.5 Å². The fourth-order valence-corrected chi connectivity index (χ4v) is 3.29. The molecule has 6 nitrogen and oxygen atoms in total. The van der Waals surface area contributed by atoms with Crippen molar-refractivity contribution in [2.45, 2.75) is 33.0 Å². The predicted octanol–water partition coefficient (Wildman–Crippen LogP) is 3.65. The number of pyridine rings is 1. The molecule has 4 rings (SSSR count). The molecule has 0 bridgehead atoms. The second kappa shape index (κ2) is 6.53. The van der Waals surface area contributed by atoms with E-state index in [1.807, 2.05) is 44.3 Å². The number of fused-ring (bicyclic) bond motifs is 2. The Morgan fingerprint density at radius 1 is 1.27 bits per heavy atom. The molecule has 0 atom stereocenters. The molecule has 0 radical (unpaired) electrons. The fourth-order valence-electron chi connectivity index (χ4n) is 3.12. The van der Waals surface area contributed by atoms with E-state index in [1.54, 1.807) is 4.90 Å². The minimum Gasteiger partial charge on any atom is -0.365 e. The van der Waals surface area contributed by atoms with Gasteiger partial charge in [-0.25, -0.2) is 9.97 Å². The minimum atomic E-state index is -0.102. The minimum absolute atomic E-state index is 0.0712. The Bertz CT molecular complexity index is 1000. The monoisotopic (exact) mass is 367 g/mol. The molecule has 7 heteroatoms. The van der Waals surface area contributed by atoms with Crippen molar-refractivity contribution in [2.75, 3.05) is 5.32 Å². The maximum Gasteiger partial charge on any atom is 0.273 e. The molecule has 1 amide bonds. The van der Waals surface area contributed by atoms with Crippen LogP contribution in [0.2, 0.25) is 5.28 Å². The highest BCUT2D eigenvalue weighted by molar-refractivity contribution is 6.28. The van der Waals surface area contributed by atoms with Gasteiger partial charge in [-0.15, -0.1) is 0 Å². The summed E-state index contributed by atoms with van der Waals surface area (Å²) in [6.07, 6.45) is 1.84. The second-order valence-electron chi connectivity index (χ2n) is 6.59. The average molecular weight is 368 g/mol. The van der Waals surface area contributed by atoms with Gasteiger partial charge in [0.25, 0.3) is 5.91 Å². The number of amides is 1. The van der Waals surface area contributed by atoms with E-state index in [-0.39, 0.29) is 17.2 Å². The van der Waals surface area contributed by atoms with Gasteiger partial charge in [0.15, 0.2) is 0 Å². The number of nitrogens with one attached hydrogen (secondary N) is 1. The summed E-state index contributed by atoms with van der Waals surface area (Å²) in [5.41, 5.74) is 3.16. The van der Waals surface area contributed by atoms with Gasteiger partial charge in [0.2, 0.25) is 5.28 Å². The molecule has 0 fully saturated rings. The van der Waals surface area contributed by atoms with Crippen LogP contribution >= 0.6 is 11.6 Å². The molecule has 1 aromatic carbocycles. The number of rotatable bonds is 4. The highest BCUT2D eigenvalue weighted by Gasteiger charge is 2.33. The fraction of sp³-hybridized carbons (Fsp3) is 0.263. The molecule has 0 saturated heterocycles. The van der Waals surface area contributed by atoms with Gasteiger partial charge in [0, 0.05) is 29.7 Å². The number of halogens is 1. The lowest BCUT2D eigenvalue weighted by atomic mass is 10.1. The number of nitrogens with zero attached hydrogens (tertiary/aromatic N) is 4. The van der Waals surface area contributed by atoms with Crippen molar-refractivity contribution in [1.29, 1.82) is 0 Å². The normalized spacial score (nSPS) is 13.5. The third kappa shape index (κ3) is 2.97. The van der Waals surface area contributed by atoms with Gasteiger partial charge in [-0.3, -0.25) is 9.78 Å². The summed E-state index contributed by atoms with van der Waals surface area (Å²) in [6, 6.07) is 10.2. The topological polar surface area (TPSA) is 71.0 Å². The number of aromatic nitrogens is 3. The summed E-state index contributed by atoms with van der Waals surface area (Å²) >= 11 is 6.04. The molecule has 132 valence electrons. The Hall–Kier alpha value is -2.73. The summed E-state index contributed by atoms with van der Waals surface area (Å²) in [6.45, 7) is 4.98. The Balaban J connectivity index is 1.61. The van der Waals surface area contributed by atoms with Crippen LogP contribution in [0.25, 0.3) is 10.9 Å². The zero-order valence-corrected chi connectivity index (χ0v) is 15.3. The lowest BCUT2D eigenvalue weighted by Crippen LogP contribution is -2.31. The maximum absolute atomic E-state index is 12.5. The molecule has 1 N–H and O–H groups in total. The summed E-state index contributed by atoms with van der Waals surface area (Å²) in [5, 5.41) is 4.45. The van der Waals surface area contributed by atoms with E-state index >= 15 is 0 Å². The molecule has 0 saturated carbocycles. The van der Waals surface area contributed by atoms with E-state index in [1.165, 1.54) is 0 Å². The van der Waals surface area contributed by atoms with E-state index in [0.29, 0.717) is 24.6 Å². The van der Waals surface area contributed by atoms with Crippen molar-refractivity contribution in [3.8, 4) is 0 Å². The number of anilines is 1. The first-order chi connectivity index (χ1) is 12.5. The first-order valence-electron chi connectivity index (χ1n) is 8.48. The molecule has 3 heterocycles. The van der Waals surface area contributed by atoms with Gasteiger partial charge >= 0.3 is 0 Å². The lowest BCUT2D eigenvalue weighted by molar-refractivity contribution is 0.0726. The SMILES string of the molecule is CC(C)N1Cc2c(NCc3cnc4ccccc4c3)nc(Cl)nc2C1=O. The summed E-state index contributed by atoms with van der Waals surface area (Å²) < 4.78 is 0.